The van der Waals surface area contributed by atoms with Gasteiger partial charge in [0, 0.05) is 12.4 Å². The Morgan fingerprint density at radius 2 is 1.75 bits per heavy atom. The summed E-state index contributed by atoms with van der Waals surface area (Å²) in [6.07, 6.45) is 3.11. The summed E-state index contributed by atoms with van der Waals surface area (Å²) in [4.78, 5) is 25.3. The fourth-order valence-corrected chi connectivity index (χ4v) is 1.68. The highest BCUT2D eigenvalue weighted by molar-refractivity contribution is 5.88. The van der Waals surface area contributed by atoms with Crippen LogP contribution in [-0.2, 0) is 16.1 Å². The molecule has 0 spiro atoms. The van der Waals surface area contributed by atoms with Crippen LogP contribution in [0.3, 0.4) is 0 Å². The monoisotopic (exact) mass is 330 g/mol. The number of rotatable bonds is 5. The number of carbonyl (C=O) groups is 2. The van der Waals surface area contributed by atoms with Crippen molar-refractivity contribution >= 4 is 11.9 Å². The molecule has 0 aliphatic carbocycles. The smallest absolute Gasteiger partial charge is 0.340 e. The first-order valence-corrected chi connectivity index (χ1v) is 7.39. The Kier molecular flexibility index (Phi) is 7.58. The molecule has 0 unspecified atom stereocenters. The minimum absolute atomic E-state index is 0.0694. The predicted molar refractivity (Wildman–Crippen MR) is 87.7 cm³/mol. The Morgan fingerprint density at radius 1 is 1.08 bits per heavy atom. The van der Waals surface area contributed by atoms with Crippen LogP contribution in [-0.4, -0.2) is 49.1 Å². The molecule has 0 saturated carbocycles. The number of hydrogen-bond donors (Lipinski definition) is 0. The second kappa shape index (κ2) is 9.42. The standard InChI is InChI=1S/C13H11NO2.C5H11NO2/c15-13(12-7-4-8-14-9-12)16-10-11-5-2-1-3-6-11;1-6(2,3)4-5(7)8/h1-9H,10H2;4H2,1-3H3. The van der Waals surface area contributed by atoms with Crippen molar-refractivity contribution < 1.29 is 23.9 Å². The number of esters is 1. The number of aliphatic carboxylic acids is 1. The van der Waals surface area contributed by atoms with Crippen LogP contribution in [0.5, 0.6) is 0 Å². The number of carboxylic acids is 1. The van der Waals surface area contributed by atoms with Gasteiger partial charge in [0.25, 0.3) is 0 Å². The first-order valence-electron chi connectivity index (χ1n) is 7.39. The van der Waals surface area contributed by atoms with Crippen LogP contribution in [0.25, 0.3) is 0 Å². The van der Waals surface area contributed by atoms with Gasteiger partial charge in [-0.15, -0.1) is 0 Å². The van der Waals surface area contributed by atoms with E-state index in [0.717, 1.165) is 5.56 Å². The van der Waals surface area contributed by atoms with Crippen LogP contribution in [0.4, 0.5) is 0 Å². The lowest BCUT2D eigenvalue weighted by Crippen LogP contribution is -2.45. The van der Waals surface area contributed by atoms with E-state index in [1.54, 1.807) is 39.5 Å². The molecule has 2 aromatic rings. The number of nitrogens with zero attached hydrogens (tertiary/aromatic N) is 2. The molecule has 1 aromatic carbocycles. The molecule has 6 heteroatoms. The topological polar surface area (TPSA) is 79.3 Å². The van der Waals surface area contributed by atoms with Crippen molar-refractivity contribution in [2.45, 2.75) is 6.61 Å². The maximum absolute atomic E-state index is 11.6. The number of carboxylic acid groups (broad SMARTS) is 1. The summed E-state index contributed by atoms with van der Waals surface area (Å²) in [7, 11) is 5.40. The second-order valence-corrected chi connectivity index (χ2v) is 6.12. The van der Waals surface area contributed by atoms with Crippen molar-refractivity contribution in [3.05, 3.63) is 66.0 Å². The van der Waals surface area contributed by atoms with Crippen molar-refractivity contribution in [2.24, 2.45) is 0 Å². The van der Waals surface area contributed by atoms with Gasteiger partial charge < -0.3 is 19.1 Å². The molecule has 1 heterocycles. The van der Waals surface area contributed by atoms with E-state index in [2.05, 4.69) is 4.98 Å². The Morgan fingerprint density at radius 3 is 2.21 bits per heavy atom. The van der Waals surface area contributed by atoms with Gasteiger partial charge in [0.1, 0.15) is 13.2 Å². The molecule has 0 radical (unpaired) electrons. The van der Waals surface area contributed by atoms with Crippen molar-refractivity contribution in [1.29, 1.82) is 0 Å². The zero-order chi connectivity index (χ0) is 18.0. The van der Waals surface area contributed by atoms with Gasteiger partial charge in [0.05, 0.1) is 32.7 Å². The molecule has 0 amide bonds. The average Bonchev–Trinajstić information content (AvgIpc) is 2.52. The molecule has 0 aliphatic rings. The summed E-state index contributed by atoms with van der Waals surface area (Å²) >= 11 is 0. The first-order chi connectivity index (χ1) is 11.3. The third-order valence-corrected chi connectivity index (χ3v) is 2.71. The van der Waals surface area contributed by atoms with Gasteiger partial charge >= 0.3 is 5.97 Å². The van der Waals surface area contributed by atoms with Gasteiger partial charge in [-0.25, -0.2) is 4.79 Å². The van der Waals surface area contributed by atoms with Crippen LogP contribution in [0.2, 0.25) is 0 Å². The van der Waals surface area contributed by atoms with Gasteiger partial charge in [-0.05, 0) is 17.7 Å². The molecule has 6 nitrogen and oxygen atoms in total. The largest absolute Gasteiger partial charge is 0.544 e. The van der Waals surface area contributed by atoms with E-state index in [4.69, 9.17) is 4.74 Å². The Bertz CT molecular complexity index is 637. The van der Waals surface area contributed by atoms with Crippen LogP contribution >= 0.6 is 0 Å². The zero-order valence-electron chi connectivity index (χ0n) is 14.1. The normalized spacial score (nSPS) is 10.3. The summed E-state index contributed by atoms with van der Waals surface area (Å²) in [5, 5.41) is 9.89. The maximum atomic E-state index is 11.6. The lowest BCUT2D eigenvalue weighted by Gasteiger charge is -2.23. The molecular weight excluding hydrogens is 308 g/mol. The summed E-state index contributed by atoms with van der Waals surface area (Å²) < 4.78 is 5.55. The molecule has 0 bridgehead atoms. The Balaban J connectivity index is 0.000000307. The quantitative estimate of drug-likeness (QED) is 0.601. The van der Waals surface area contributed by atoms with Gasteiger partial charge in [0.2, 0.25) is 0 Å². The van der Waals surface area contributed by atoms with E-state index >= 15 is 0 Å². The van der Waals surface area contributed by atoms with E-state index in [9.17, 15) is 14.7 Å². The Hall–Kier alpha value is -2.73. The maximum Gasteiger partial charge on any atom is 0.340 e. The number of aromatic nitrogens is 1. The number of quaternary nitrogens is 1. The highest BCUT2D eigenvalue weighted by Crippen LogP contribution is 2.04. The summed E-state index contributed by atoms with van der Waals surface area (Å²) in [6, 6.07) is 13.0. The molecular formula is C18H22N2O4. The molecule has 128 valence electrons. The van der Waals surface area contributed by atoms with E-state index in [1.807, 2.05) is 30.3 Å². The average molecular weight is 330 g/mol. The summed E-state index contributed by atoms with van der Waals surface area (Å²) in [5.74, 6) is -1.35. The minimum Gasteiger partial charge on any atom is -0.544 e. The van der Waals surface area contributed by atoms with Crippen LogP contribution in [0.1, 0.15) is 15.9 Å². The van der Waals surface area contributed by atoms with Crippen LogP contribution in [0, 0.1) is 0 Å². The number of pyridine rings is 1. The Labute approximate surface area is 141 Å². The van der Waals surface area contributed by atoms with Crippen molar-refractivity contribution in [3.63, 3.8) is 0 Å². The summed E-state index contributed by atoms with van der Waals surface area (Å²) in [5.41, 5.74) is 1.44. The number of carbonyl (C=O) groups excluding carboxylic acids is 2. The van der Waals surface area contributed by atoms with E-state index < -0.39 is 5.97 Å². The van der Waals surface area contributed by atoms with Gasteiger partial charge in [0.15, 0.2) is 0 Å². The zero-order valence-corrected chi connectivity index (χ0v) is 14.1. The third-order valence-electron chi connectivity index (χ3n) is 2.71. The number of benzene rings is 1. The van der Waals surface area contributed by atoms with Gasteiger partial charge in [-0.2, -0.15) is 0 Å². The molecule has 0 fully saturated rings. The van der Waals surface area contributed by atoms with E-state index in [-0.39, 0.29) is 19.1 Å². The third kappa shape index (κ3) is 8.65. The second-order valence-electron chi connectivity index (χ2n) is 6.12. The van der Waals surface area contributed by atoms with Gasteiger partial charge in [-0.1, -0.05) is 30.3 Å². The number of hydrogen-bond acceptors (Lipinski definition) is 5. The lowest BCUT2D eigenvalue weighted by atomic mass is 10.2. The molecule has 0 N–H and O–H groups in total. The fourth-order valence-electron chi connectivity index (χ4n) is 1.68. The van der Waals surface area contributed by atoms with Crippen molar-refractivity contribution in [3.8, 4) is 0 Å². The number of likely N-dealkylation sites (N-methyl/N-ethyl adjacent to an activating group) is 1. The van der Waals surface area contributed by atoms with Crippen molar-refractivity contribution in [2.75, 3.05) is 27.7 Å². The fraction of sp³-hybridized carbons (Fsp3) is 0.278. The van der Waals surface area contributed by atoms with Crippen LogP contribution in [0.15, 0.2) is 54.9 Å². The molecule has 2 rings (SSSR count). The molecule has 1 aromatic heterocycles. The predicted octanol–water partition coefficient (Wildman–Crippen LogP) is 0.881. The minimum atomic E-state index is -1.00. The van der Waals surface area contributed by atoms with E-state index in [1.165, 1.54) is 6.20 Å². The van der Waals surface area contributed by atoms with E-state index in [0.29, 0.717) is 10.0 Å². The number of ether oxygens (including phenoxy) is 1. The highest BCUT2D eigenvalue weighted by atomic mass is 16.5. The lowest BCUT2D eigenvalue weighted by molar-refractivity contribution is -0.864. The summed E-state index contributed by atoms with van der Waals surface area (Å²) in [6.45, 7) is 0.356. The highest BCUT2D eigenvalue weighted by Gasteiger charge is 2.06. The van der Waals surface area contributed by atoms with Gasteiger partial charge in [-0.3, -0.25) is 4.98 Å². The molecule has 0 saturated heterocycles. The molecule has 0 atom stereocenters. The molecule has 24 heavy (non-hydrogen) atoms. The molecule has 0 aliphatic heterocycles. The SMILES string of the molecule is C[N+](C)(C)CC(=O)[O-].O=C(OCc1ccccc1)c1cccnc1. The first kappa shape index (κ1) is 19.3. The van der Waals surface area contributed by atoms with Crippen LogP contribution < -0.4 is 5.11 Å². The van der Waals surface area contributed by atoms with Crippen molar-refractivity contribution in [1.82, 2.24) is 4.98 Å².